The first-order valence-electron chi connectivity index (χ1n) is 7.95. The second-order valence-corrected chi connectivity index (χ2v) is 5.70. The van der Waals surface area contributed by atoms with Crippen LogP contribution in [0.4, 0.5) is 0 Å². The Balaban J connectivity index is 2.22. The summed E-state index contributed by atoms with van der Waals surface area (Å²) in [5.41, 5.74) is 2.59. The lowest BCUT2D eigenvalue weighted by Gasteiger charge is -2.15. The molecule has 1 aromatic carbocycles. The van der Waals surface area contributed by atoms with Gasteiger partial charge in [-0.2, -0.15) is 0 Å². The van der Waals surface area contributed by atoms with E-state index in [1.165, 1.54) is 56.1 Å². The molecule has 0 bridgehead atoms. The minimum Gasteiger partial charge on any atom is -0.396 e. The van der Waals surface area contributed by atoms with E-state index in [0.717, 1.165) is 6.42 Å². The number of aliphatic hydroxyl groups excluding tert-OH is 1. The third kappa shape index (κ3) is 6.77. The molecule has 1 atom stereocenters. The normalized spacial score (nSPS) is 12.6. The number of benzene rings is 1. The molecule has 1 N–H and O–H groups in total. The summed E-state index contributed by atoms with van der Waals surface area (Å²) in [5.74, 6) is 0.329. The summed E-state index contributed by atoms with van der Waals surface area (Å²) >= 11 is 0. The van der Waals surface area contributed by atoms with Crippen LogP contribution in [0.15, 0.2) is 24.3 Å². The highest BCUT2D eigenvalue weighted by Crippen LogP contribution is 2.23. The second kappa shape index (κ2) is 10.0. The van der Waals surface area contributed by atoms with Crippen LogP contribution in [0, 0.1) is 6.92 Å². The van der Waals surface area contributed by atoms with E-state index in [0.29, 0.717) is 5.92 Å². The number of hydrogen-bond donors (Lipinski definition) is 1. The van der Waals surface area contributed by atoms with Crippen LogP contribution in [0.2, 0.25) is 0 Å². The number of unbranched alkanes of at least 4 members (excludes halogenated alkanes) is 6. The molecule has 0 aliphatic heterocycles. The zero-order valence-electron chi connectivity index (χ0n) is 12.7. The molecule has 0 saturated carbocycles. The molecule has 0 heterocycles. The summed E-state index contributed by atoms with van der Waals surface area (Å²) in [7, 11) is 0. The SMILES string of the molecule is CCCCCCCCCC(CO)c1cccc(C)c1. The van der Waals surface area contributed by atoms with Crippen molar-refractivity contribution in [2.24, 2.45) is 0 Å². The molecule has 1 heteroatoms. The molecule has 108 valence electrons. The monoisotopic (exact) mass is 262 g/mol. The first-order valence-corrected chi connectivity index (χ1v) is 7.95. The Bertz CT molecular complexity index is 332. The van der Waals surface area contributed by atoms with Gasteiger partial charge in [0.15, 0.2) is 0 Å². The Morgan fingerprint density at radius 2 is 1.68 bits per heavy atom. The molecule has 1 nitrogen and oxygen atoms in total. The predicted octanol–water partition coefficient (Wildman–Crippen LogP) is 5.21. The molecule has 0 amide bonds. The Hall–Kier alpha value is -0.820. The zero-order valence-corrected chi connectivity index (χ0v) is 12.7. The lowest BCUT2D eigenvalue weighted by molar-refractivity contribution is 0.256. The first kappa shape index (κ1) is 16.2. The average molecular weight is 262 g/mol. The molecule has 0 aliphatic rings. The molecule has 0 aromatic heterocycles. The summed E-state index contributed by atoms with van der Waals surface area (Å²) in [6.07, 6.45) is 10.5. The largest absolute Gasteiger partial charge is 0.396 e. The molecule has 0 radical (unpaired) electrons. The van der Waals surface area contributed by atoms with Gasteiger partial charge in [0.1, 0.15) is 0 Å². The van der Waals surface area contributed by atoms with Crippen LogP contribution < -0.4 is 0 Å². The summed E-state index contributed by atoms with van der Waals surface area (Å²) in [6.45, 7) is 4.65. The molecular weight excluding hydrogens is 232 g/mol. The number of rotatable bonds is 10. The third-order valence-corrected chi connectivity index (χ3v) is 3.89. The highest BCUT2D eigenvalue weighted by atomic mass is 16.3. The summed E-state index contributed by atoms with van der Waals surface area (Å²) < 4.78 is 0. The molecule has 1 unspecified atom stereocenters. The van der Waals surface area contributed by atoms with Crippen molar-refractivity contribution in [2.75, 3.05) is 6.61 Å². The lowest BCUT2D eigenvalue weighted by Crippen LogP contribution is -2.04. The van der Waals surface area contributed by atoms with Crippen molar-refractivity contribution in [1.29, 1.82) is 0 Å². The smallest absolute Gasteiger partial charge is 0.0499 e. The molecule has 0 saturated heterocycles. The average Bonchev–Trinajstić information content (AvgIpc) is 2.42. The minimum absolute atomic E-state index is 0.277. The number of aryl methyl sites for hydroxylation is 1. The maximum Gasteiger partial charge on any atom is 0.0499 e. The van der Waals surface area contributed by atoms with Gasteiger partial charge in [0.25, 0.3) is 0 Å². The Morgan fingerprint density at radius 3 is 2.32 bits per heavy atom. The van der Waals surface area contributed by atoms with Crippen LogP contribution in [-0.2, 0) is 0 Å². The van der Waals surface area contributed by atoms with Crippen LogP contribution in [0.3, 0.4) is 0 Å². The lowest BCUT2D eigenvalue weighted by atomic mass is 9.92. The minimum atomic E-state index is 0.277. The van der Waals surface area contributed by atoms with Crippen molar-refractivity contribution in [3.05, 3.63) is 35.4 Å². The van der Waals surface area contributed by atoms with Gasteiger partial charge in [-0.15, -0.1) is 0 Å². The van der Waals surface area contributed by atoms with Crippen LogP contribution in [0.25, 0.3) is 0 Å². The quantitative estimate of drug-likeness (QED) is 0.574. The fraction of sp³-hybridized carbons (Fsp3) is 0.667. The van der Waals surface area contributed by atoms with E-state index in [1.807, 2.05) is 0 Å². The molecule has 1 rings (SSSR count). The fourth-order valence-corrected chi connectivity index (χ4v) is 2.64. The first-order chi connectivity index (χ1) is 9.27. The molecule has 0 spiro atoms. The van der Waals surface area contributed by atoms with Crippen molar-refractivity contribution >= 4 is 0 Å². The Kier molecular flexibility index (Phi) is 8.57. The van der Waals surface area contributed by atoms with E-state index in [2.05, 4.69) is 38.1 Å². The van der Waals surface area contributed by atoms with Gasteiger partial charge in [0.05, 0.1) is 0 Å². The van der Waals surface area contributed by atoms with E-state index in [-0.39, 0.29) is 6.61 Å². The molecule has 0 fully saturated rings. The fourth-order valence-electron chi connectivity index (χ4n) is 2.64. The zero-order chi connectivity index (χ0) is 13.9. The van der Waals surface area contributed by atoms with Crippen molar-refractivity contribution in [3.63, 3.8) is 0 Å². The van der Waals surface area contributed by atoms with Crippen LogP contribution >= 0.6 is 0 Å². The van der Waals surface area contributed by atoms with Crippen LogP contribution in [-0.4, -0.2) is 11.7 Å². The molecule has 19 heavy (non-hydrogen) atoms. The molecular formula is C18H30O. The highest BCUT2D eigenvalue weighted by Gasteiger charge is 2.09. The third-order valence-electron chi connectivity index (χ3n) is 3.89. The summed E-state index contributed by atoms with van der Waals surface area (Å²) in [5, 5.41) is 9.54. The standard InChI is InChI=1S/C18H30O/c1-3-4-5-6-7-8-9-12-18(15-19)17-13-10-11-16(2)14-17/h10-11,13-14,18-19H,3-9,12,15H2,1-2H3. The van der Waals surface area contributed by atoms with Crippen molar-refractivity contribution in [1.82, 2.24) is 0 Å². The van der Waals surface area contributed by atoms with Gasteiger partial charge in [-0.3, -0.25) is 0 Å². The van der Waals surface area contributed by atoms with E-state index >= 15 is 0 Å². The number of aliphatic hydroxyl groups is 1. The molecule has 0 aliphatic carbocycles. The maximum absolute atomic E-state index is 9.54. The maximum atomic E-state index is 9.54. The summed E-state index contributed by atoms with van der Waals surface area (Å²) in [6, 6.07) is 8.57. The Labute approximate surface area is 119 Å². The van der Waals surface area contributed by atoms with E-state index in [9.17, 15) is 5.11 Å². The van der Waals surface area contributed by atoms with Gasteiger partial charge in [0, 0.05) is 12.5 Å². The highest BCUT2D eigenvalue weighted by molar-refractivity contribution is 5.25. The predicted molar refractivity (Wildman–Crippen MR) is 83.6 cm³/mol. The van der Waals surface area contributed by atoms with Crippen molar-refractivity contribution in [2.45, 2.75) is 71.1 Å². The van der Waals surface area contributed by atoms with Gasteiger partial charge in [-0.05, 0) is 18.9 Å². The van der Waals surface area contributed by atoms with Gasteiger partial charge in [-0.25, -0.2) is 0 Å². The molecule has 1 aromatic rings. The van der Waals surface area contributed by atoms with Gasteiger partial charge in [-0.1, -0.05) is 81.7 Å². The van der Waals surface area contributed by atoms with Gasteiger partial charge < -0.3 is 5.11 Å². The van der Waals surface area contributed by atoms with E-state index in [4.69, 9.17) is 0 Å². The van der Waals surface area contributed by atoms with Crippen LogP contribution in [0.5, 0.6) is 0 Å². The van der Waals surface area contributed by atoms with Gasteiger partial charge >= 0.3 is 0 Å². The number of hydrogen-bond acceptors (Lipinski definition) is 1. The Morgan fingerprint density at radius 1 is 1.00 bits per heavy atom. The summed E-state index contributed by atoms with van der Waals surface area (Å²) in [4.78, 5) is 0. The van der Waals surface area contributed by atoms with Gasteiger partial charge in [0.2, 0.25) is 0 Å². The van der Waals surface area contributed by atoms with Crippen LogP contribution in [0.1, 0.15) is 75.3 Å². The topological polar surface area (TPSA) is 20.2 Å². The van der Waals surface area contributed by atoms with Crippen molar-refractivity contribution in [3.8, 4) is 0 Å². The van der Waals surface area contributed by atoms with E-state index in [1.54, 1.807) is 0 Å². The van der Waals surface area contributed by atoms with Crippen molar-refractivity contribution < 1.29 is 5.11 Å². The van der Waals surface area contributed by atoms with E-state index < -0.39 is 0 Å². The second-order valence-electron chi connectivity index (χ2n) is 5.70.